The number of amides is 1. The van der Waals surface area contributed by atoms with Crippen molar-refractivity contribution >= 4 is 18.1 Å². The van der Waals surface area contributed by atoms with Gasteiger partial charge in [0.25, 0.3) is 5.91 Å². The fourth-order valence-corrected chi connectivity index (χ4v) is 2.61. The molecule has 28 heavy (non-hydrogen) atoms. The van der Waals surface area contributed by atoms with Crippen LogP contribution in [0.2, 0.25) is 0 Å². The Balaban J connectivity index is 2.20. The molecule has 0 aromatic heterocycles. The van der Waals surface area contributed by atoms with Crippen LogP contribution in [0.5, 0.6) is 11.5 Å². The number of hydrogen-bond donors (Lipinski definition) is 1. The number of nitrogens with zero attached hydrogens (tertiary/aromatic N) is 1. The zero-order valence-corrected chi connectivity index (χ0v) is 16.5. The van der Waals surface area contributed by atoms with E-state index in [2.05, 4.69) is 31.3 Å². The SMILES string of the molecule is COc1ccc(/C=N\NC(=O)c2ccc(C(C)(C)C)cc2)c(C(=O)[O-])c1OC. The lowest BCUT2D eigenvalue weighted by molar-refractivity contribution is -0.255. The zero-order chi connectivity index (χ0) is 20.9. The Kier molecular flexibility index (Phi) is 6.41. The number of carbonyl (C=O) groups excluding carboxylic acids is 2. The van der Waals surface area contributed by atoms with E-state index >= 15 is 0 Å². The fourth-order valence-electron chi connectivity index (χ4n) is 2.61. The molecule has 2 aromatic carbocycles. The van der Waals surface area contributed by atoms with Crippen LogP contribution >= 0.6 is 0 Å². The summed E-state index contributed by atoms with van der Waals surface area (Å²) in [6, 6.07) is 10.2. The molecule has 0 saturated carbocycles. The van der Waals surface area contributed by atoms with Crippen molar-refractivity contribution in [2.45, 2.75) is 26.2 Å². The molecule has 148 valence electrons. The molecule has 0 heterocycles. The van der Waals surface area contributed by atoms with Crippen LogP contribution in [0.1, 0.15) is 52.6 Å². The lowest BCUT2D eigenvalue weighted by Gasteiger charge is -2.18. The van der Waals surface area contributed by atoms with Crippen molar-refractivity contribution in [3.05, 3.63) is 58.7 Å². The smallest absolute Gasteiger partial charge is 0.271 e. The van der Waals surface area contributed by atoms with E-state index in [4.69, 9.17) is 9.47 Å². The Labute approximate surface area is 164 Å². The minimum Gasteiger partial charge on any atom is -0.545 e. The van der Waals surface area contributed by atoms with E-state index in [1.54, 1.807) is 18.2 Å². The molecule has 0 aliphatic rings. The molecule has 0 radical (unpaired) electrons. The molecule has 7 nitrogen and oxygen atoms in total. The summed E-state index contributed by atoms with van der Waals surface area (Å²) in [4.78, 5) is 23.7. The van der Waals surface area contributed by atoms with E-state index in [-0.39, 0.29) is 28.0 Å². The number of nitrogens with one attached hydrogen (secondary N) is 1. The van der Waals surface area contributed by atoms with Gasteiger partial charge in [-0.15, -0.1) is 0 Å². The lowest BCUT2D eigenvalue weighted by atomic mass is 9.87. The summed E-state index contributed by atoms with van der Waals surface area (Å²) in [5, 5.41) is 15.4. The van der Waals surface area contributed by atoms with Gasteiger partial charge in [0.1, 0.15) is 0 Å². The second-order valence-corrected chi connectivity index (χ2v) is 7.08. The van der Waals surface area contributed by atoms with Crippen molar-refractivity contribution in [3.8, 4) is 11.5 Å². The summed E-state index contributed by atoms with van der Waals surface area (Å²) in [5.41, 5.74) is 3.92. The van der Waals surface area contributed by atoms with Gasteiger partial charge in [0.2, 0.25) is 0 Å². The largest absolute Gasteiger partial charge is 0.545 e. The zero-order valence-electron chi connectivity index (χ0n) is 16.5. The summed E-state index contributed by atoms with van der Waals surface area (Å²) in [5.74, 6) is -1.58. The highest BCUT2D eigenvalue weighted by Gasteiger charge is 2.16. The van der Waals surface area contributed by atoms with Gasteiger partial charge in [-0.05, 0) is 35.2 Å². The third-order valence-corrected chi connectivity index (χ3v) is 4.16. The van der Waals surface area contributed by atoms with E-state index in [1.165, 1.54) is 26.5 Å². The second kappa shape index (κ2) is 8.56. The second-order valence-electron chi connectivity index (χ2n) is 7.08. The van der Waals surface area contributed by atoms with Gasteiger partial charge < -0.3 is 19.4 Å². The van der Waals surface area contributed by atoms with Gasteiger partial charge in [-0.3, -0.25) is 4.79 Å². The maximum Gasteiger partial charge on any atom is 0.271 e. The molecule has 1 amide bonds. The van der Waals surface area contributed by atoms with E-state index < -0.39 is 11.9 Å². The van der Waals surface area contributed by atoms with E-state index in [0.29, 0.717) is 5.56 Å². The van der Waals surface area contributed by atoms with Crippen LogP contribution in [0, 0.1) is 0 Å². The molecule has 0 unspecified atom stereocenters. The maximum atomic E-state index is 12.2. The average molecular weight is 383 g/mol. The summed E-state index contributed by atoms with van der Waals surface area (Å²) in [6.07, 6.45) is 1.22. The molecule has 1 N–H and O–H groups in total. The molecule has 0 aliphatic carbocycles. The van der Waals surface area contributed by atoms with Crippen LogP contribution in [0.3, 0.4) is 0 Å². The summed E-state index contributed by atoms with van der Waals surface area (Å²) < 4.78 is 10.2. The number of aromatic carboxylic acids is 1. The number of hydrazone groups is 1. The molecule has 0 fully saturated rings. The highest BCUT2D eigenvalue weighted by molar-refractivity contribution is 6.01. The standard InChI is InChI=1S/C21H24N2O5/c1-21(2,3)15-9-6-13(7-10-15)19(24)23-22-12-14-8-11-16(27-4)18(28-5)17(14)20(25)26/h6-12H,1-5H3,(H,23,24)(H,25,26)/p-1/b22-12-. The Morgan fingerprint density at radius 1 is 1.04 bits per heavy atom. The number of carboxylic acid groups (broad SMARTS) is 1. The van der Waals surface area contributed by atoms with Crippen LogP contribution in [0.15, 0.2) is 41.5 Å². The van der Waals surface area contributed by atoms with Crippen molar-refractivity contribution in [1.29, 1.82) is 0 Å². The Morgan fingerprint density at radius 3 is 2.18 bits per heavy atom. The van der Waals surface area contributed by atoms with Gasteiger partial charge >= 0.3 is 0 Å². The number of ether oxygens (including phenoxy) is 2. The third kappa shape index (κ3) is 4.68. The molecule has 0 atom stereocenters. The lowest BCUT2D eigenvalue weighted by Crippen LogP contribution is -2.25. The highest BCUT2D eigenvalue weighted by atomic mass is 16.5. The first-order valence-electron chi connectivity index (χ1n) is 8.59. The molecule has 2 aromatic rings. The third-order valence-electron chi connectivity index (χ3n) is 4.16. The first-order chi connectivity index (χ1) is 13.2. The Morgan fingerprint density at radius 2 is 1.68 bits per heavy atom. The van der Waals surface area contributed by atoms with Gasteiger partial charge in [0.15, 0.2) is 11.5 Å². The number of hydrogen-bond acceptors (Lipinski definition) is 6. The van der Waals surface area contributed by atoms with Gasteiger partial charge in [0, 0.05) is 11.1 Å². The van der Waals surface area contributed by atoms with Crippen molar-refractivity contribution in [2.75, 3.05) is 14.2 Å². The summed E-state index contributed by atoms with van der Waals surface area (Å²) >= 11 is 0. The minimum absolute atomic E-state index is 0.0121. The molecule has 0 bridgehead atoms. The Bertz CT molecular complexity index is 896. The van der Waals surface area contributed by atoms with Gasteiger partial charge in [-0.2, -0.15) is 5.10 Å². The number of carbonyl (C=O) groups is 2. The molecule has 2 rings (SSSR count). The molecule has 7 heteroatoms. The van der Waals surface area contributed by atoms with E-state index in [1.807, 2.05) is 12.1 Å². The molecule has 0 spiro atoms. The molecular weight excluding hydrogens is 360 g/mol. The first-order valence-corrected chi connectivity index (χ1v) is 8.59. The summed E-state index contributed by atoms with van der Waals surface area (Å²) in [7, 11) is 2.73. The first kappa shape index (κ1) is 21.0. The number of rotatable bonds is 6. The predicted molar refractivity (Wildman–Crippen MR) is 104 cm³/mol. The van der Waals surface area contributed by atoms with Crippen molar-refractivity contribution in [2.24, 2.45) is 5.10 Å². The van der Waals surface area contributed by atoms with Gasteiger partial charge in [-0.1, -0.05) is 32.9 Å². The quantitative estimate of drug-likeness (QED) is 0.608. The maximum absolute atomic E-state index is 12.2. The van der Waals surface area contributed by atoms with Crippen molar-refractivity contribution < 1.29 is 24.2 Å². The van der Waals surface area contributed by atoms with Crippen LogP contribution in [-0.2, 0) is 5.41 Å². The highest BCUT2D eigenvalue weighted by Crippen LogP contribution is 2.32. The predicted octanol–water partition coefficient (Wildman–Crippen LogP) is 2.13. The topological polar surface area (TPSA) is 100 Å². The van der Waals surface area contributed by atoms with Crippen LogP contribution in [0.4, 0.5) is 0 Å². The normalized spacial score (nSPS) is 11.3. The number of carboxylic acids is 1. The van der Waals surface area contributed by atoms with E-state index in [9.17, 15) is 14.7 Å². The van der Waals surface area contributed by atoms with E-state index in [0.717, 1.165) is 5.56 Å². The molecule has 0 aliphatic heterocycles. The monoisotopic (exact) mass is 383 g/mol. The van der Waals surface area contributed by atoms with Crippen LogP contribution < -0.4 is 20.0 Å². The van der Waals surface area contributed by atoms with Crippen molar-refractivity contribution in [3.63, 3.8) is 0 Å². The van der Waals surface area contributed by atoms with Gasteiger partial charge in [-0.25, -0.2) is 5.43 Å². The summed E-state index contributed by atoms with van der Waals surface area (Å²) in [6.45, 7) is 6.26. The average Bonchev–Trinajstić information content (AvgIpc) is 2.66. The fraction of sp³-hybridized carbons (Fsp3) is 0.286. The minimum atomic E-state index is -1.44. The van der Waals surface area contributed by atoms with Crippen LogP contribution in [0.25, 0.3) is 0 Å². The van der Waals surface area contributed by atoms with Crippen LogP contribution in [-0.4, -0.2) is 32.3 Å². The number of methoxy groups -OCH3 is 2. The molecule has 0 saturated heterocycles. The number of benzene rings is 2. The Hall–Kier alpha value is -3.35. The van der Waals surface area contributed by atoms with Gasteiger partial charge in [0.05, 0.1) is 32.0 Å². The van der Waals surface area contributed by atoms with Crippen molar-refractivity contribution in [1.82, 2.24) is 5.43 Å². The molecular formula is C21H23N2O5-.